The summed E-state index contributed by atoms with van der Waals surface area (Å²) in [6, 6.07) is 3.04. The molecule has 2 fully saturated rings. The van der Waals surface area contributed by atoms with Crippen LogP contribution in [0.4, 0.5) is 5.69 Å². The molecule has 2 heterocycles. The first-order chi connectivity index (χ1) is 15.1. The van der Waals surface area contributed by atoms with Gasteiger partial charge in [0.15, 0.2) is 11.4 Å². The van der Waals surface area contributed by atoms with Gasteiger partial charge in [-0.15, -0.1) is 0 Å². The average molecular weight is 449 g/mol. The third kappa shape index (κ3) is 3.57. The van der Waals surface area contributed by atoms with Crippen LogP contribution in [0.15, 0.2) is 21.3 Å². The highest BCUT2D eigenvalue weighted by molar-refractivity contribution is 5.99. The molecule has 4 rings (SSSR count). The average Bonchev–Trinajstić information content (AvgIpc) is 3.61. The zero-order valence-electron chi connectivity index (χ0n) is 18.0. The van der Waals surface area contributed by atoms with Gasteiger partial charge in [0.1, 0.15) is 35.6 Å². The molecule has 32 heavy (non-hydrogen) atoms. The van der Waals surface area contributed by atoms with E-state index >= 15 is 0 Å². The van der Waals surface area contributed by atoms with Crippen molar-refractivity contribution in [1.29, 1.82) is 0 Å². The highest BCUT2D eigenvalue weighted by Crippen LogP contribution is 2.42. The van der Waals surface area contributed by atoms with Crippen LogP contribution in [0.5, 0.6) is 5.75 Å². The molecular weight excluding hydrogens is 422 g/mol. The molecule has 1 saturated heterocycles. The summed E-state index contributed by atoms with van der Waals surface area (Å²) < 4.78 is 16.6. The van der Waals surface area contributed by atoms with Crippen LogP contribution in [0.25, 0.3) is 11.0 Å². The van der Waals surface area contributed by atoms with Crippen LogP contribution >= 0.6 is 0 Å². The number of anilines is 1. The van der Waals surface area contributed by atoms with Gasteiger partial charge in [0.2, 0.25) is 5.91 Å². The predicted octanol–water partition coefficient (Wildman–Crippen LogP) is 0.715. The van der Waals surface area contributed by atoms with Crippen molar-refractivity contribution < 1.29 is 39.1 Å². The molecule has 1 aliphatic heterocycles. The summed E-state index contributed by atoms with van der Waals surface area (Å²) in [4.78, 5) is 24.6. The van der Waals surface area contributed by atoms with Crippen LogP contribution in [0.2, 0.25) is 0 Å². The van der Waals surface area contributed by atoms with E-state index in [-0.39, 0.29) is 28.5 Å². The normalized spacial score (nSPS) is 30.4. The highest BCUT2D eigenvalue weighted by Gasteiger charge is 2.52. The Balaban J connectivity index is 1.77. The number of aryl methyl sites for hydroxylation is 1. The first kappa shape index (κ1) is 22.7. The Morgan fingerprint density at radius 2 is 1.97 bits per heavy atom. The zero-order valence-corrected chi connectivity index (χ0v) is 18.0. The molecule has 2 aromatic rings. The molecule has 0 spiro atoms. The maximum absolute atomic E-state index is 12.5. The van der Waals surface area contributed by atoms with Gasteiger partial charge in [0.05, 0.1) is 12.0 Å². The molecule has 5 N–H and O–H groups in total. The Morgan fingerprint density at radius 1 is 1.28 bits per heavy atom. The minimum atomic E-state index is -1.40. The fourth-order valence-corrected chi connectivity index (χ4v) is 4.30. The number of aliphatic hydroxyl groups excluding tert-OH is 3. The van der Waals surface area contributed by atoms with E-state index in [2.05, 4.69) is 5.32 Å². The van der Waals surface area contributed by atoms with Gasteiger partial charge >= 0.3 is 5.63 Å². The number of aromatic hydroxyl groups is 1. The quantitative estimate of drug-likeness (QED) is 0.415. The Hall–Kier alpha value is -2.50. The van der Waals surface area contributed by atoms with Gasteiger partial charge in [-0.1, -0.05) is 6.07 Å². The second kappa shape index (κ2) is 8.13. The molecular formula is C22H27NO9. The van der Waals surface area contributed by atoms with Crippen molar-refractivity contribution in [2.45, 2.75) is 56.7 Å². The molecule has 1 aromatic heterocycles. The Morgan fingerprint density at radius 3 is 2.56 bits per heavy atom. The van der Waals surface area contributed by atoms with E-state index in [4.69, 9.17) is 13.9 Å². The number of amides is 1. The van der Waals surface area contributed by atoms with Gasteiger partial charge in [0.25, 0.3) is 0 Å². The zero-order chi connectivity index (χ0) is 23.4. The summed E-state index contributed by atoms with van der Waals surface area (Å²) >= 11 is 0. The number of aliphatic hydroxyl groups is 3. The summed E-state index contributed by atoms with van der Waals surface area (Å²) in [6.45, 7) is 2.70. The van der Waals surface area contributed by atoms with Gasteiger partial charge in [-0.25, -0.2) is 4.79 Å². The van der Waals surface area contributed by atoms with Crippen molar-refractivity contribution in [3.05, 3.63) is 33.7 Å². The minimum absolute atomic E-state index is 0.0549. The van der Waals surface area contributed by atoms with Crippen molar-refractivity contribution in [2.24, 2.45) is 5.92 Å². The van der Waals surface area contributed by atoms with E-state index in [0.717, 1.165) is 12.8 Å². The van der Waals surface area contributed by atoms with Gasteiger partial charge in [-0.2, -0.15) is 0 Å². The number of methoxy groups -OCH3 is 1. The summed E-state index contributed by atoms with van der Waals surface area (Å²) in [5, 5.41) is 44.4. The smallest absolute Gasteiger partial charge is 0.364 e. The van der Waals surface area contributed by atoms with Crippen LogP contribution in [0, 0.1) is 12.8 Å². The lowest BCUT2D eigenvalue weighted by atomic mass is 9.83. The van der Waals surface area contributed by atoms with Crippen LogP contribution in [0.1, 0.15) is 37.0 Å². The molecule has 0 bridgehead atoms. The molecule has 2 aliphatic rings. The number of nitrogens with one attached hydrogen (secondary N) is 1. The monoisotopic (exact) mass is 449 g/mol. The van der Waals surface area contributed by atoms with Gasteiger partial charge in [-0.3, -0.25) is 4.79 Å². The van der Waals surface area contributed by atoms with Crippen LogP contribution in [-0.2, 0) is 14.3 Å². The maximum Gasteiger partial charge on any atom is 0.364 e. The van der Waals surface area contributed by atoms with Crippen molar-refractivity contribution in [1.82, 2.24) is 0 Å². The van der Waals surface area contributed by atoms with E-state index in [0.29, 0.717) is 11.1 Å². The molecule has 1 saturated carbocycles. The Labute approximate surface area is 183 Å². The topological polar surface area (TPSA) is 159 Å². The summed E-state index contributed by atoms with van der Waals surface area (Å²) in [6.07, 6.45) is -3.32. The number of carbonyl (C=O) groups excluding carboxylic acids is 1. The molecule has 5 atom stereocenters. The summed E-state index contributed by atoms with van der Waals surface area (Å²) in [5.74, 6) is -0.921. The highest BCUT2D eigenvalue weighted by atomic mass is 16.6. The Kier molecular flexibility index (Phi) is 5.76. The fraction of sp³-hybridized carbons (Fsp3) is 0.545. The first-order valence-electron chi connectivity index (χ1n) is 10.4. The third-order valence-corrected chi connectivity index (χ3v) is 6.38. The standard InChI is InChI=1S/C22H27NO9/c1-9-11(18-15(26)16(27)19(30-3)22(2,8-24)32-18)6-7-12-14(25)13(21(29)31-17(9)12)23-20(28)10-4-5-10/h6-7,10,15-16,18-19,24-27H,4-5,8H2,1-3H3,(H,23,28)/t15-,16-,18+,19-,22-/m1/s1. The number of rotatable bonds is 5. The van der Waals surface area contributed by atoms with Crippen molar-refractivity contribution in [3.8, 4) is 5.75 Å². The maximum atomic E-state index is 12.5. The number of ether oxygens (including phenoxy) is 2. The van der Waals surface area contributed by atoms with E-state index in [1.807, 2.05) is 0 Å². The molecule has 174 valence electrons. The van der Waals surface area contributed by atoms with Crippen molar-refractivity contribution in [3.63, 3.8) is 0 Å². The van der Waals surface area contributed by atoms with Gasteiger partial charge in [-0.05, 0) is 43.9 Å². The number of hydrogen-bond acceptors (Lipinski definition) is 9. The number of fused-ring (bicyclic) bond motifs is 1. The number of carbonyl (C=O) groups is 1. The lowest BCUT2D eigenvalue weighted by Gasteiger charge is -2.48. The first-order valence-corrected chi connectivity index (χ1v) is 10.4. The Bertz CT molecular complexity index is 1110. The third-order valence-electron chi connectivity index (χ3n) is 6.38. The fourth-order valence-electron chi connectivity index (χ4n) is 4.30. The van der Waals surface area contributed by atoms with Crippen LogP contribution in [0.3, 0.4) is 0 Å². The van der Waals surface area contributed by atoms with Gasteiger partial charge in [0, 0.05) is 13.0 Å². The van der Waals surface area contributed by atoms with E-state index in [1.54, 1.807) is 19.9 Å². The molecule has 1 amide bonds. The van der Waals surface area contributed by atoms with Crippen molar-refractivity contribution >= 4 is 22.6 Å². The molecule has 10 heteroatoms. The lowest BCUT2D eigenvalue weighted by molar-refractivity contribution is -0.279. The van der Waals surface area contributed by atoms with E-state index < -0.39 is 48.0 Å². The second-order valence-electron chi connectivity index (χ2n) is 8.68. The van der Waals surface area contributed by atoms with E-state index in [1.165, 1.54) is 13.2 Å². The number of benzene rings is 1. The summed E-state index contributed by atoms with van der Waals surface area (Å²) in [5.41, 5.74) is -1.69. The SMILES string of the molecule is CO[C@@H]1[C@H](O)[C@@H](O)[C@H](c2ccc3c(O)c(NC(=O)C4CC4)c(=O)oc3c2C)O[C@]1(C)CO. The number of hydrogen-bond donors (Lipinski definition) is 5. The summed E-state index contributed by atoms with van der Waals surface area (Å²) in [7, 11) is 1.34. The molecule has 0 unspecified atom stereocenters. The van der Waals surface area contributed by atoms with E-state index in [9.17, 15) is 30.0 Å². The van der Waals surface area contributed by atoms with Crippen molar-refractivity contribution in [2.75, 3.05) is 19.0 Å². The molecule has 10 nitrogen and oxygen atoms in total. The van der Waals surface area contributed by atoms with Gasteiger partial charge < -0.3 is 39.6 Å². The largest absolute Gasteiger partial charge is 0.505 e. The molecule has 1 aromatic carbocycles. The lowest BCUT2D eigenvalue weighted by Crippen LogP contribution is -2.62. The van der Waals surface area contributed by atoms with Crippen LogP contribution < -0.4 is 10.9 Å². The minimum Gasteiger partial charge on any atom is -0.505 e. The molecule has 0 radical (unpaired) electrons. The second-order valence-corrected chi connectivity index (χ2v) is 8.68. The molecule has 1 aliphatic carbocycles. The predicted molar refractivity (Wildman–Crippen MR) is 112 cm³/mol. The van der Waals surface area contributed by atoms with Crippen LogP contribution in [-0.4, -0.2) is 64.0 Å².